The molecule has 4 heteroatoms. The molecule has 0 amide bonds. The van der Waals surface area contributed by atoms with E-state index >= 15 is 0 Å². The lowest BCUT2D eigenvalue weighted by Crippen LogP contribution is -2.23. The second kappa shape index (κ2) is 7.05. The van der Waals surface area contributed by atoms with Crippen molar-refractivity contribution < 1.29 is 9.13 Å². The van der Waals surface area contributed by atoms with E-state index in [1.807, 2.05) is 32.0 Å². The van der Waals surface area contributed by atoms with Gasteiger partial charge >= 0.3 is 0 Å². The van der Waals surface area contributed by atoms with Gasteiger partial charge in [0.2, 0.25) is 0 Å². The molecular weight excluding hydrogens is 333 g/mol. The zero-order valence-corrected chi connectivity index (χ0v) is 14.0. The fourth-order valence-corrected chi connectivity index (χ4v) is 3.05. The molecule has 0 aliphatic rings. The summed E-state index contributed by atoms with van der Waals surface area (Å²) in [4.78, 5) is 0. The molecule has 1 unspecified atom stereocenters. The summed E-state index contributed by atoms with van der Waals surface area (Å²) in [5.41, 5.74) is 2.80. The molecule has 0 spiro atoms. The number of rotatable bonds is 5. The number of ether oxygens (including phenoxy) is 1. The number of nitrogens with one attached hydrogen (secondary N) is 1. The Morgan fingerprint density at radius 3 is 2.48 bits per heavy atom. The molecule has 0 aromatic heterocycles. The highest BCUT2D eigenvalue weighted by molar-refractivity contribution is 9.10. The number of hydrogen-bond donors (Lipinski definition) is 1. The summed E-state index contributed by atoms with van der Waals surface area (Å²) >= 11 is 3.58. The Hall–Kier alpha value is -1.39. The van der Waals surface area contributed by atoms with Gasteiger partial charge in [-0.05, 0) is 36.7 Å². The van der Waals surface area contributed by atoms with E-state index in [1.54, 1.807) is 12.1 Å². The van der Waals surface area contributed by atoms with E-state index in [9.17, 15) is 4.39 Å². The second-order valence-electron chi connectivity index (χ2n) is 4.90. The van der Waals surface area contributed by atoms with Crippen LogP contribution in [0.2, 0.25) is 0 Å². The van der Waals surface area contributed by atoms with Crippen LogP contribution in [0.1, 0.15) is 29.7 Å². The van der Waals surface area contributed by atoms with Crippen LogP contribution in [0, 0.1) is 12.7 Å². The minimum absolute atomic E-state index is 0.198. The number of benzene rings is 2. The standard InChI is InChI=1S/C17H19BrFNO/c1-4-20-17(13-7-5-11(2)9-15(13)18)14-8-6-12(21-3)10-16(14)19/h5-10,17,20H,4H2,1-3H3. The molecule has 2 aromatic rings. The van der Waals surface area contributed by atoms with Crippen LogP contribution in [-0.4, -0.2) is 13.7 Å². The maximum absolute atomic E-state index is 14.4. The monoisotopic (exact) mass is 351 g/mol. The first-order valence-corrected chi connectivity index (χ1v) is 7.69. The molecule has 1 atom stereocenters. The number of hydrogen-bond acceptors (Lipinski definition) is 2. The van der Waals surface area contributed by atoms with Crippen molar-refractivity contribution in [3.8, 4) is 5.75 Å². The molecule has 21 heavy (non-hydrogen) atoms. The van der Waals surface area contributed by atoms with E-state index in [0.29, 0.717) is 11.3 Å². The van der Waals surface area contributed by atoms with Crippen molar-refractivity contribution in [3.05, 3.63) is 63.4 Å². The van der Waals surface area contributed by atoms with Gasteiger partial charge in [-0.1, -0.05) is 41.1 Å². The largest absolute Gasteiger partial charge is 0.497 e. The lowest BCUT2D eigenvalue weighted by atomic mass is 9.97. The lowest BCUT2D eigenvalue weighted by molar-refractivity contribution is 0.410. The van der Waals surface area contributed by atoms with Gasteiger partial charge in [-0.15, -0.1) is 0 Å². The molecule has 0 aliphatic carbocycles. The SMILES string of the molecule is CCNC(c1ccc(OC)cc1F)c1ccc(C)cc1Br. The second-order valence-corrected chi connectivity index (χ2v) is 5.76. The average molecular weight is 352 g/mol. The first-order chi connectivity index (χ1) is 10.1. The molecule has 2 aromatic carbocycles. The molecule has 1 N–H and O–H groups in total. The minimum Gasteiger partial charge on any atom is -0.497 e. The third kappa shape index (κ3) is 3.63. The Bertz CT molecular complexity index is 630. The van der Waals surface area contributed by atoms with Gasteiger partial charge in [0, 0.05) is 16.1 Å². The number of halogens is 2. The van der Waals surface area contributed by atoms with Crippen LogP contribution >= 0.6 is 15.9 Å². The summed E-state index contributed by atoms with van der Waals surface area (Å²) in [6, 6.07) is 10.9. The van der Waals surface area contributed by atoms with E-state index in [4.69, 9.17) is 4.74 Å². The highest BCUT2D eigenvalue weighted by atomic mass is 79.9. The van der Waals surface area contributed by atoms with Crippen LogP contribution in [0.5, 0.6) is 5.75 Å². The fourth-order valence-electron chi connectivity index (χ4n) is 2.33. The van der Waals surface area contributed by atoms with Crippen LogP contribution in [0.3, 0.4) is 0 Å². The number of methoxy groups -OCH3 is 1. The summed E-state index contributed by atoms with van der Waals surface area (Å²) < 4.78 is 20.4. The van der Waals surface area contributed by atoms with E-state index < -0.39 is 0 Å². The smallest absolute Gasteiger partial charge is 0.132 e. The van der Waals surface area contributed by atoms with Crippen molar-refractivity contribution in [2.45, 2.75) is 19.9 Å². The van der Waals surface area contributed by atoms with Crippen molar-refractivity contribution >= 4 is 15.9 Å². The van der Waals surface area contributed by atoms with E-state index in [1.165, 1.54) is 13.2 Å². The highest BCUT2D eigenvalue weighted by Gasteiger charge is 2.19. The van der Waals surface area contributed by atoms with Gasteiger partial charge in [-0.3, -0.25) is 0 Å². The summed E-state index contributed by atoms with van der Waals surface area (Å²) in [5.74, 6) is 0.252. The van der Waals surface area contributed by atoms with Gasteiger partial charge in [-0.2, -0.15) is 0 Å². The summed E-state index contributed by atoms with van der Waals surface area (Å²) in [6.07, 6.45) is 0. The molecule has 112 valence electrons. The quantitative estimate of drug-likeness (QED) is 0.849. The van der Waals surface area contributed by atoms with Gasteiger partial charge in [0.25, 0.3) is 0 Å². The predicted octanol–water partition coefficient (Wildman–Crippen LogP) is 4.60. The predicted molar refractivity (Wildman–Crippen MR) is 87.4 cm³/mol. The number of aryl methyl sites for hydroxylation is 1. The minimum atomic E-state index is -0.271. The Morgan fingerprint density at radius 2 is 1.90 bits per heavy atom. The molecule has 0 bridgehead atoms. The van der Waals surface area contributed by atoms with Crippen molar-refractivity contribution in [1.29, 1.82) is 0 Å². The summed E-state index contributed by atoms with van der Waals surface area (Å²) in [5, 5.41) is 3.34. The van der Waals surface area contributed by atoms with Gasteiger partial charge in [0.05, 0.1) is 13.2 Å². The first kappa shape index (κ1) is 16.0. The molecule has 2 nitrogen and oxygen atoms in total. The summed E-state index contributed by atoms with van der Waals surface area (Å²) in [7, 11) is 1.53. The third-order valence-electron chi connectivity index (χ3n) is 3.39. The van der Waals surface area contributed by atoms with Crippen LogP contribution in [0.25, 0.3) is 0 Å². The maximum Gasteiger partial charge on any atom is 0.132 e. The van der Waals surface area contributed by atoms with Gasteiger partial charge in [0.1, 0.15) is 11.6 Å². The zero-order chi connectivity index (χ0) is 15.4. The van der Waals surface area contributed by atoms with E-state index in [0.717, 1.165) is 22.1 Å². The molecule has 0 fully saturated rings. The molecule has 2 rings (SSSR count). The Balaban J connectivity index is 2.48. The molecule has 0 heterocycles. The normalized spacial score (nSPS) is 12.2. The first-order valence-electron chi connectivity index (χ1n) is 6.89. The summed E-state index contributed by atoms with van der Waals surface area (Å²) in [6.45, 7) is 4.79. The zero-order valence-electron chi connectivity index (χ0n) is 12.4. The molecular formula is C17H19BrFNO. The third-order valence-corrected chi connectivity index (χ3v) is 4.08. The van der Waals surface area contributed by atoms with E-state index in [-0.39, 0.29) is 11.9 Å². The van der Waals surface area contributed by atoms with Crippen molar-refractivity contribution in [1.82, 2.24) is 5.32 Å². The molecule has 0 saturated carbocycles. The Labute approximate surface area is 133 Å². The van der Waals surface area contributed by atoms with Gasteiger partial charge in [-0.25, -0.2) is 4.39 Å². The maximum atomic E-state index is 14.4. The van der Waals surface area contributed by atoms with Crippen molar-refractivity contribution in [3.63, 3.8) is 0 Å². The molecule has 0 aliphatic heterocycles. The Morgan fingerprint density at radius 1 is 1.19 bits per heavy atom. The Kier molecular flexibility index (Phi) is 5.37. The van der Waals surface area contributed by atoms with Crippen molar-refractivity contribution in [2.75, 3.05) is 13.7 Å². The topological polar surface area (TPSA) is 21.3 Å². The molecule has 0 saturated heterocycles. The highest BCUT2D eigenvalue weighted by Crippen LogP contribution is 2.32. The van der Waals surface area contributed by atoms with Crippen LogP contribution in [0.4, 0.5) is 4.39 Å². The van der Waals surface area contributed by atoms with Crippen LogP contribution < -0.4 is 10.1 Å². The van der Waals surface area contributed by atoms with Gasteiger partial charge < -0.3 is 10.1 Å². The lowest BCUT2D eigenvalue weighted by Gasteiger charge is -2.21. The van der Waals surface area contributed by atoms with Gasteiger partial charge in [0.15, 0.2) is 0 Å². The molecule has 0 radical (unpaired) electrons. The van der Waals surface area contributed by atoms with Crippen LogP contribution in [-0.2, 0) is 0 Å². The fraction of sp³-hybridized carbons (Fsp3) is 0.294. The van der Waals surface area contributed by atoms with E-state index in [2.05, 4.69) is 21.2 Å². The van der Waals surface area contributed by atoms with Crippen molar-refractivity contribution in [2.24, 2.45) is 0 Å². The van der Waals surface area contributed by atoms with Crippen LogP contribution in [0.15, 0.2) is 40.9 Å². The average Bonchev–Trinajstić information content (AvgIpc) is 2.46.